The highest BCUT2D eigenvalue weighted by atomic mass is 35.5. The molecule has 0 amide bonds. The van der Waals surface area contributed by atoms with Crippen molar-refractivity contribution in [3.63, 3.8) is 0 Å². The molecular weight excluding hydrogens is 295 g/mol. The molecule has 0 aromatic heterocycles. The monoisotopic (exact) mass is 310 g/mol. The zero-order chi connectivity index (χ0) is 14.6. The molecule has 0 unspecified atom stereocenters. The molecule has 0 fully saturated rings. The molecule has 2 rings (SSSR count). The normalized spacial score (nSPS) is 11.6. The van der Waals surface area contributed by atoms with Crippen molar-refractivity contribution in [2.75, 3.05) is 13.2 Å². The fourth-order valence-corrected chi connectivity index (χ4v) is 2.63. The molecule has 0 saturated carbocycles. The van der Waals surface area contributed by atoms with Crippen LogP contribution >= 0.6 is 23.2 Å². The van der Waals surface area contributed by atoms with Crippen LogP contribution in [0.1, 0.15) is 11.1 Å². The van der Waals surface area contributed by atoms with Gasteiger partial charge >= 0.3 is 0 Å². The first-order chi connectivity index (χ1) is 9.59. The van der Waals surface area contributed by atoms with Crippen molar-refractivity contribution in [2.45, 2.75) is 11.8 Å². The van der Waals surface area contributed by atoms with Crippen LogP contribution in [0.2, 0.25) is 10.0 Å². The van der Waals surface area contributed by atoms with Crippen LogP contribution in [0, 0.1) is 0 Å². The first-order valence-corrected chi connectivity index (χ1v) is 7.07. The molecule has 0 saturated heterocycles. The van der Waals surface area contributed by atoms with E-state index in [2.05, 4.69) is 0 Å². The smallest absolute Gasteiger partial charge is 0.0553 e. The van der Waals surface area contributed by atoms with Crippen molar-refractivity contribution in [2.24, 2.45) is 0 Å². The first-order valence-electron chi connectivity index (χ1n) is 6.32. The molecule has 2 N–H and O–H groups in total. The minimum Gasteiger partial charge on any atom is -0.395 e. The van der Waals surface area contributed by atoms with E-state index in [0.717, 1.165) is 11.1 Å². The largest absolute Gasteiger partial charge is 0.395 e. The van der Waals surface area contributed by atoms with E-state index in [1.54, 1.807) is 18.2 Å². The zero-order valence-corrected chi connectivity index (χ0v) is 12.4. The second-order valence-corrected chi connectivity index (χ2v) is 5.78. The van der Waals surface area contributed by atoms with E-state index in [4.69, 9.17) is 23.2 Å². The topological polar surface area (TPSA) is 40.5 Å². The summed E-state index contributed by atoms with van der Waals surface area (Å²) in [5.41, 5.74) is 1.08. The molecule has 0 radical (unpaired) electrons. The van der Waals surface area contributed by atoms with Crippen LogP contribution in [0.3, 0.4) is 0 Å². The summed E-state index contributed by atoms with van der Waals surface area (Å²) >= 11 is 11.9. The van der Waals surface area contributed by atoms with Gasteiger partial charge < -0.3 is 10.2 Å². The van der Waals surface area contributed by atoms with E-state index < -0.39 is 5.41 Å². The average molecular weight is 311 g/mol. The third-order valence-corrected chi connectivity index (χ3v) is 3.98. The van der Waals surface area contributed by atoms with Gasteiger partial charge in [-0.15, -0.1) is 0 Å². The molecule has 0 bridgehead atoms. The minimum absolute atomic E-state index is 0.155. The number of hydrogen-bond donors (Lipinski definition) is 2. The summed E-state index contributed by atoms with van der Waals surface area (Å²) in [6.07, 6.45) is 0.502. The second kappa shape index (κ2) is 6.59. The Morgan fingerprint density at radius 1 is 0.850 bits per heavy atom. The average Bonchev–Trinajstić information content (AvgIpc) is 2.46. The van der Waals surface area contributed by atoms with Crippen molar-refractivity contribution in [1.82, 2.24) is 0 Å². The summed E-state index contributed by atoms with van der Waals surface area (Å²) < 4.78 is 0. The highest BCUT2D eigenvalue weighted by Gasteiger charge is 2.31. The standard InChI is InChI=1S/C16H16Cl2O2/c17-14-6-4-13(5-7-14)16(10-19,11-20)9-12-2-1-3-15(18)8-12/h1-8,19-20H,9-11H2. The van der Waals surface area contributed by atoms with Gasteiger partial charge in [0, 0.05) is 15.5 Å². The van der Waals surface area contributed by atoms with Gasteiger partial charge in [0.1, 0.15) is 0 Å². The van der Waals surface area contributed by atoms with Crippen LogP contribution in [0.5, 0.6) is 0 Å². The molecule has 2 aromatic carbocycles. The van der Waals surface area contributed by atoms with E-state index in [1.807, 2.05) is 30.3 Å². The number of hydrogen-bond acceptors (Lipinski definition) is 2. The summed E-state index contributed by atoms with van der Waals surface area (Å²) in [5, 5.41) is 20.9. The maximum absolute atomic E-state index is 9.80. The van der Waals surface area contributed by atoms with Gasteiger partial charge in [-0.2, -0.15) is 0 Å². The quantitative estimate of drug-likeness (QED) is 0.888. The Kier molecular flexibility index (Phi) is 5.06. The van der Waals surface area contributed by atoms with Crippen LogP contribution in [-0.2, 0) is 11.8 Å². The van der Waals surface area contributed by atoms with Crippen LogP contribution in [-0.4, -0.2) is 23.4 Å². The summed E-state index contributed by atoms with van der Waals surface area (Å²) in [6.45, 7) is -0.310. The lowest BCUT2D eigenvalue weighted by molar-refractivity contribution is 0.116. The minimum atomic E-state index is -0.741. The Hall–Kier alpha value is -1.06. The van der Waals surface area contributed by atoms with Gasteiger partial charge in [0.15, 0.2) is 0 Å². The second-order valence-electron chi connectivity index (χ2n) is 4.91. The lowest BCUT2D eigenvalue weighted by Crippen LogP contribution is -2.37. The predicted octanol–water partition coefficient (Wildman–Crippen LogP) is 3.46. The van der Waals surface area contributed by atoms with Gasteiger partial charge in [0.2, 0.25) is 0 Å². The van der Waals surface area contributed by atoms with Crippen molar-refractivity contribution in [1.29, 1.82) is 0 Å². The lowest BCUT2D eigenvalue weighted by Gasteiger charge is -2.30. The molecule has 0 heterocycles. The van der Waals surface area contributed by atoms with E-state index in [9.17, 15) is 10.2 Å². The Morgan fingerprint density at radius 3 is 2.05 bits per heavy atom. The molecule has 2 nitrogen and oxygen atoms in total. The summed E-state index contributed by atoms with van der Waals surface area (Å²) in [4.78, 5) is 0. The number of rotatable bonds is 5. The molecule has 20 heavy (non-hydrogen) atoms. The van der Waals surface area contributed by atoms with E-state index in [0.29, 0.717) is 16.5 Å². The van der Waals surface area contributed by atoms with Crippen LogP contribution < -0.4 is 0 Å². The highest BCUT2D eigenvalue weighted by Crippen LogP contribution is 2.29. The SMILES string of the molecule is OCC(CO)(Cc1cccc(Cl)c1)c1ccc(Cl)cc1. The lowest BCUT2D eigenvalue weighted by atomic mass is 9.77. The molecule has 0 spiro atoms. The molecule has 106 valence electrons. The first kappa shape index (κ1) is 15.3. The maximum atomic E-state index is 9.80. The third kappa shape index (κ3) is 3.33. The van der Waals surface area contributed by atoms with Gasteiger partial charge in [0.25, 0.3) is 0 Å². The predicted molar refractivity (Wildman–Crippen MR) is 82.5 cm³/mol. The number of halogens is 2. The van der Waals surface area contributed by atoms with Crippen molar-refractivity contribution in [3.8, 4) is 0 Å². The summed E-state index contributed by atoms with van der Waals surface area (Å²) in [5.74, 6) is 0. The number of aliphatic hydroxyl groups excluding tert-OH is 2. The molecule has 0 aliphatic heterocycles. The Labute approximate surface area is 128 Å². The fraction of sp³-hybridized carbons (Fsp3) is 0.250. The molecule has 4 heteroatoms. The van der Waals surface area contributed by atoms with E-state index in [-0.39, 0.29) is 13.2 Å². The number of aliphatic hydroxyl groups is 2. The van der Waals surface area contributed by atoms with Gasteiger partial charge in [-0.05, 0) is 41.8 Å². The Balaban J connectivity index is 2.36. The van der Waals surface area contributed by atoms with Gasteiger partial charge in [-0.1, -0.05) is 47.5 Å². The Morgan fingerprint density at radius 2 is 1.50 bits per heavy atom. The Bertz CT molecular complexity index is 563. The number of benzene rings is 2. The van der Waals surface area contributed by atoms with E-state index in [1.165, 1.54) is 0 Å². The molecule has 0 aliphatic rings. The van der Waals surface area contributed by atoms with E-state index >= 15 is 0 Å². The van der Waals surface area contributed by atoms with Crippen LogP contribution in [0.4, 0.5) is 0 Å². The molecule has 0 aliphatic carbocycles. The molecule has 0 atom stereocenters. The van der Waals surface area contributed by atoms with Gasteiger partial charge in [-0.3, -0.25) is 0 Å². The summed E-state index contributed by atoms with van der Waals surface area (Å²) in [7, 11) is 0. The van der Waals surface area contributed by atoms with Crippen LogP contribution in [0.15, 0.2) is 48.5 Å². The fourth-order valence-electron chi connectivity index (χ4n) is 2.29. The van der Waals surface area contributed by atoms with Crippen LogP contribution in [0.25, 0.3) is 0 Å². The maximum Gasteiger partial charge on any atom is 0.0553 e. The van der Waals surface area contributed by atoms with Gasteiger partial charge in [-0.25, -0.2) is 0 Å². The summed E-state index contributed by atoms with van der Waals surface area (Å²) in [6, 6.07) is 14.6. The van der Waals surface area contributed by atoms with Crippen molar-refractivity contribution >= 4 is 23.2 Å². The molecule has 2 aromatic rings. The molecular formula is C16H16Cl2O2. The van der Waals surface area contributed by atoms with Crippen molar-refractivity contribution in [3.05, 3.63) is 69.7 Å². The highest BCUT2D eigenvalue weighted by molar-refractivity contribution is 6.30. The van der Waals surface area contributed by atoms with Gasteiger partial charge in [0.05, 0.1) is 13.2 Å². The zero-order valence-electron chi connectivity index (χ0n) is 10.9. The third-order valence-electron chi connectivity index (χ3n) is 3.49. The van der Waals surface area contributed by atoms with Crippen molar-refractivity contribution < 1.29 is 10.2 Å².